The van der Waals surface area contributed by atoms with Crippen molar-refractivity contribution < 1.29 is 14.3 Å². The highest BCUT2D eigenvalue weighted by Gasteiger charge is 2.29. The summed E-state index contributed by atoms with van der Waals surface area (Å²) < 4.78 is 5.31. The average Bonchev–Trinajstić information content (AvgIpc) is 2.26. The highest BCUT2D eigenvalue weighted by molar-refractivity contribution is 5.85. The Balaban J connectivity index is 2.29. The highest BCUT2D eigenvalue weighted by Crippen LogP contribution is 2.17. The number of nitrogens with two attached hydrogens (primary N) is 1. The molecule has 4 N–H and O–H groups in total. The fraction of sp³-hybridized carbons (Fsp3) is 0.800. The molecule has 0 aliphatic carbocycles. The first-order chi connectivity index (χ1) is 7.56. The van der Waals surface area contributed by atoms with Crippen LogP contribution in [0.25, 0.3) is 0 Å². The maximum absolute atomic E-state index is 11.5. The smallest absolute Gasteiger partial charge is 0.239 e. The van der Waals surface area contributed by atoms with Gasteiger partial charge in [0.15, 0.2) is 0 Å². The van der Waals surface area contributed by atoms with Crippen molar-refractivity contribution in [2.24, 2.45) is 5.73 Å². The number of hydrogen-bond acceptors (Lipinski definition) is 4. The highest BCUT2D eigenvalue weighted by atomic mass is 16.5. The van der Waals surface area contributed by atoms with Crippen LogP contribution in [0.4, 0.5) is 0 Å². The van der Waals surface area contributed by atoms with E-state index >= 15 is 0 Å². The standard InChI is InChI=1S/C10H19N3O3/c1-10(3-2-4-16-7-10)13-9(15)6-12-8(14)5-11/h2-7,11H2,1H3,(H,12,14)(H,13,15). The second-order valence-corrected chi connectivity index (χ2v) is 4.25. The van der Waals surface area contributed by atoms with Crippen LogP contribution in [-0.4, -0.2) is 43.7 Å². The summed E-state index contributed by atoms with van der Waals surface area (Å²) in [7, 11) is 0. The third kappa shape index (κ3) is 4.16. The maximum atomic E-state index is 11.5. The van der Waals surface area contributed by atoms with Crippen LogP contribution in [0.15, 0.2) is 0 Å². The third-order valence-electron chi connectivity index (χ3n) is 2.51. The van der Waals surface area contributed by atoms with Gasteiger partial charge in [0.25, 0.3) is 0 Å². The van der Waals surface area contributed by atoms with E-state index in [1.165, 1.54) is 0 Å². The normalized spacial score (nSPS) is 24.9. The van der Waals surface area contributed by atoms with Gasteiger partial charge in [0.1, 0.15) is 0 Å². The molecule has 92 valence electrons. The molecule has 2 amide bonds. The number of ether oxygens (including phenoxy) is 1. The first-order valence-electron chi connectivity index (χ1n) is 5.41. The van der Waals surface area contributed by atoms with Crippen molar-refractivity contribution in [2.45, 2.75) is 25.3 Å². The number of nitrogens with one attached hydrogen (secondary N) is 2. The Kier molecular flexibility index (Phi) is 4.70. The van der Waals surface area contributed by atoms with Crippen molar-refractivity contribution in [3.8, 4) is 0 Å². The van der Waals surface area contributed by atoms with E-state index in [1.54, 1.807) is 0 Å². The first-order valence-corrected chi connectivity index (χ1v) is 5.41. The van der Waals surface area contributed by atoms with Gasteiger partial charge in [-0.1, -0.05) is 0 Å². The molecule has 0 saturated carbocycles. The Morgan fingerprint density at radius 1 is 1.44 bits per heavy atom. The Hall–Kier alpha value is -1.14. The number of carbonyl (C=O) groups is 2. The molecule has 6 nitrogen and oxygen atoms in total. The predicted molar refractivity (Wildman–Crippen MR) is 58.7 cm³/mol. The molecule has 0 spiro atoms. The lowest BCUT2D eigenvalue weighted by Gasteiger charge is -2.34. The van der Waals surface area contributed by atoms with Gasteiger partial charge in [-0.2, -0.15) is 0 Å². The Morgan fingerprint density at radius 3 is 2.75 bits per heavy atom. The van der Waals surface area contributed by atoms with Gasteiger partial charge in [-0.3, -0.25) is 9.59 Å². The van der Waals surface area contributed by atoms with Gasteiger partial charge in [0.2, 0.25) is 11.8 Å². The van der Waals surface area contributed by atoms with Gasteiger partial charge in [-0.05, 0) is 19.8 Å². The monoisotopic (exact) mass is 229 g/mol. The van der Waals surface area contributed by atoms with Crippen LogP contribution < -0.4 is 16.4 Å². The lowest BCUT2D eigenvalue weighted by molar-refractivity contribution is -0.127. The largest absolute Gasteiger partial charge is 0.379 e. The van der Waals surface area contributed by atoms with Crippen LogP contribution in [-0.2, 0) is 14.3 Å². The van der Waals surface area contributed by atoms with Gasteiger partial charge >= 0.3 is 0 Å². The van der Waals surface area contributed by atoms with Gasteiger partial charge in [0.05, 0.1) is 25.2 Å². The summed E-state index contributed by atoms with van der Waals surface area (Å²) in [5, 5.41) is 5.28. The molecule has 0 bridgehead atoms. The summed E-state index contributed by atoms with van der Waals surface area (Å²) in [6, 6.07) is 0. The molecule has 1 unspecified atom stereocenters. The quantitative estimate of drug-likeness (QED) is 0.561. The number of carbonyl (C=O) groups excluding carboxylic acids is 2. The minimum absolute atomic E-state index is 0.0361. The van der Waals surface area contributed by atoms with E-state index in [4.69, 9.17) is 10.5 Å². The van der Waals surface area contributed by atoms with Crippen molar-refractivity contribution in [2.75, 3.05) is 26.3 Å². The molecule has 1 atom stereocenters. The number of hydrogen-bond donors (Lipinski definition) is 3. The second-order valence-electron chi connectivity index (χ2n) is 4.25. The summed E-state index contributed by atoms with van der Waals surface area (Å²) in [5.41, 5.74) is 4.79. The van der Waals surface area contributed by atoms with Crippen molar-refractivity contribution in [1.29, 1.82) is 0 Å². The van der Waals surface area contributed by atoms with Crippen molar-refractivity contribution in [3.63, 3.8) is 0 Å². The summed E-state index contributed by atoms with van der Waals surface area (Å²) in [5.74, 6) is -0.546. The van der Waals surface area contributed by atoms with Crippen molar-refractivity contribution >= 4 is 11.8 Å². The van der Waals surface area contributed by atoms with Crippen LogP contribution in [0.1, 0.15) is 19.8 Å². The van der Waals surface area contributed by atoms with E-state index in [1.807, 2.05) is 6.92 Å². The number of rotatable bonds is 4. The summed E-state index contributed by atoms with van der Waals surface area (Å²) in [6.07, 6.45) is 1.83. The fourth-order valence-corrected chi connectivity index (χ4v) is 1.66. The van der Waals surface area contributed by atoms with Crippen LogP contribution in [0, 0.1) is 0 Å². The molecule has 0 aromatic heterocycles. The second kappa shape index (κ2) is 5.81. The zero-order valence-corrected chi connectivity index (χ0v) is 9.54. The number of amides is 2. The van der Waals surface area contributed by atoms with Gasteiger partial charge in [-0.15, -0.1) is 0 Å². The lowest BCUT2D eigenvalue weighted by atomic mass is 9.95. The van der Waals surface area contributed by atoms with E-state index in [2.05, 4.69) is 10.6 Å². The summed E-state index contributed by atoms with van der Waals surface area (Å²) in [6.45, 7) is 3.06. The molecule has 6 heteroatoms. The molecule has 1 saturated heterocycles. The van der Waals surface area contributed by atoms with E-state index < -0.39 is 0 Å². The molecule has 1 aliphatic heterocycles. The van der Waals surface area contributed by atoms with Gasteiger partial charge in [0, 0.05) is 6.61 Å². The average molecular weight is 229 g/mol. The zero-order chi connectivity index (χ0) is 12.0. The van der Waals surface area contributed by atoms with Gasteiger partial charge in [-0.25, -0.2) is 0 Å². The molecule has 1 fully saturated rings. The Bertz CT molecular complexity index is 262. The first kappa shape index (κ1) is 12.9. The molecule has 1 rings (SSSR count). The zero-order valence-electron chi connectivity index (χ0n) is 9.54. The molecule has 0 radical (unpaired) electrons. The van der Waals surface area contributed by atoms with Crippen molar-refractivity contribution in [3.05, 3.63) is 0 Å². The molecule has 16 heavy (non-hydrogen) atoms. The Labute approximate surface area is 94.9 Å². The minimum Gasteiger partial charge on any atom is -0.379 e. The maximum Gasteiger partial charge on any atom is 0.239 e. The van der Waals surface area contributed by atoms with Crippen molar-refractivity contribution in [1.82, 2.24) is 10.6 Å². The van der Waals surface area contributed by atoms with Gasteiger partial charge < -0.3 is 21.1 Å². The topological polar surface area (TPSA) is 93.5 Å². The molecule has 0 aromatic carbocycles. The SMILES string of the molecule is CC1(NC(=O)CNC(=O)CN)CCCOC1. The van der Waals surface area contributed by atoms with Crippen LogP contribution in [0.2, 0.25) is 0 Å². The van der Waals surface area contributed by atoms with E-state index in [0.717, 1.165) is 19.4 Å². The summed E-state index contributed by atoms with van der Waals surface area (Å²) in [4.78, 5) is 22.4. The van der Waals surface area contributed by atoms with Crippen LogP contribution in [0.3, 0.4) is 0 Å². The third-order valence-corrected chi connectivity index (χ3v) is 2.51. The van der Waals surface area contributed by atoms with E-state index in [-0.39, 0.29) is 30.4 Å². The fourth-order valence-electron chi connectivity index (χ4n) is 1.66. The minimum atomic E-state index is -0.333. The lowest BCUT2D eigenvalue weighted by Crippen LogP contribution is -2.54. The Morgan fingerprint density at radius 2 is 2.19 bits per heavy atom. The van der Waals surface area contributed by atoms with E-state index in [9.17, 15) is 9.59 Å². The molecule has 0 aromatic rings. The van der Waals surface area contributed by atoms with Crippen LogP contribution >= 0.6 is 0 Å². The molecule has 1 aliphatic rings. The predicted octanol–water partition coefficient (Wildman–Crippen LogP) is -1.25. The molecular weight excluding hydrogens is 210 g/mol. The molecular formula is C10H19N3O3. The summed E-state index contributed by atoms with van der Waals surface area (Å²) >= 11 is 0. The van der Waals surface area contributed by atoms with E-state index in [0.29, 0.717) is 6.61 Å². The molecule has 1 heterocycles. The van der Waals surface area contributed by atoms with Crippen LogP contribution in [0.5, 0.6) is 0 Å².